The van der Waals surface area contributed by atoms with E-state index >= 15 is 0 Å². The molecule has 0 bridgehead atoms. The molecule has 1 fully saturated rings. The van der Waals surface area contributed by atoms with Crippen molar-refractivity contribution in [3.05, 3.63) is 12.8 Å². The Morgan fingerprint density at radius 2 is 1.92 bits per heavy atom. The first-order chi connectivity index (χ1) is 5.88. The van der Waals surface area contributed by atoms with Gasteiger partial charge in [0.15, 0.2) is 0 Å². The van der Waals surface area contributed by atoms with Gasteiger partial charge in [0.25, 0.3) is 5.91 Å². The van der Waals surface area contributed by atoms with Crippen LogP contribution in [0.2, 0.25) is 0 Å². The number of imide groups is 1. The van der Waals surface area contributed by atoms with Crippen molar-refractivity contribution in [3.63, 3.8) is 0 Å². The maximum absolute atomic E-state index is 11.6. The van der Waals surface area contributed by atoms with Crippen LogP contribution in [0.1, 0.15) is 20.8 Å². The number of hydrogen-bond acceptors (Lipinski definition) is 2. The Morgan fingerprint density at radius 3 is 2.15 bits per heavy atom. The van der Waals surface area contributed by atoms with Crippen LogP contribution in [0.3, 0.4) is 0 Å². The van der Waals surface area contributed by atoms with Gasteiger partial charge in [0.2, 0.25) is 0 Å². The van der Waals surface area contributed by atoms with Gasteiger partial charge in [-0.2, -0.15) is 0 Å². The van der Waals surface area contributed by atoms with E-state index in [1.165, 1.54) is 16.0 Å². The Hall–Kier alpha value is -1.32. The lowest BCUT2D eigenvalue weighted by Crippen LogP contribution is -2.45. The largest absolute Gasteiger partial charge is 0.331 e. The summed E-state index contributed by atoms with van der Waals surface area (Å²) in [5.41, 5.74) is -0.452. The van der Waals surface area contributed by atoms with Crippen LogP contribution < -0.4 is 0 Å². The quantitative estimate of drug-likeness (QED) is 0.571. The summed E-state index contributed by atoms with van der Waals surface area (Å²) < 4.78 is 0. The molecule has 72 valence electrons. The summed E-state index contributed by atoms with van der Waals surface area (Å²) in [5.74, 6) is -0.169. The lowest BCUT2D eigenvalue weighted by molar-refractivity contribution is -0.128. The zero-order valence-corrected chi connectivity index (χ0v) is 8.20. The molecule has 0 aromatic carbocycles. The van der Waals surface area contributed by atoms with Gasteiger partial charge >= 0.3 is 6.03 Å². The van der Waals surface area contributed by atoms with Gasteiger partial charge in [-0.15, -0.1) is 0 Å². The Bertz CT molecular complexity index is 265. The van der Waals surface area contributed by atoms with Crippen molar-refractivity contribution in [1.29, 1.82) is 0 Å². The average Bonchev–Trinajstić information content (AvgIpc) is 2.24. The minimum atomic E-state index is -0.452. The Labute approximate surface area is 77.8 Å². The second kappa shape index (κ2) is 2.87. The number of urea groups is 1. The molecule has 0 aromatic heterocycles. The number of hydrogen-bond donors (Lipinski definition) is 0. The normalized spacial score (nSPS) is 18.4. The third kappa shape index (κ3) is 1.56. The maximum atomic E-state index is 11.6. The van der Waals surface area contributed by atoms with Crippen molar-refractivity contribution < 1.29 is 9.59 Å². The summed E-state index contributed by atoms with van der Waals surface area (Å²) >= 11 is 0. The second-order valence-corrected chi connectivity index (χ2v) is 3.99. The first-order valence-electron chi connectivity index (χ1n) is 4.14. The van der Waals surface area contributed by atoms with Crippen LogP contribution >= 0.6 is 0 Å². The van der Waals surface area contributed by atoms with Gasteiger partial charge in [0.1, 0.15) is 6.54 Å². The Balaban J connectivity index is 2.95. The van der Waals surface area contributed by atoms with E-state index in [9.17, 15) is 9.59 Å². The van der Waals surface area contributed by atoms with Gasteiger partial charge < -0.3 is 0 Å². The molecule has 1 aliphatic heterocycles. The molecule has 3 amide bonds. The van der Waals surface area contributed by atoms with E-state index < -0.39 is 5.54 Å². The molecule has 13 heavy (non-hydrogen) atoms. The fourth-order valence-corrected chi connectivity index (χ4v) is 1.32. The fraction of sp³-hybridized carbons (Fsp3) is 0.556. The van der Waals surface area contributed by atoms with E-state index in [4.69, 9.17) is 0 Å². The van der Waals surface area contributed by atoms with Crippen molar-refractivity contribution in [2.45, 2.75) is 26.3 Å². The smallest absolute Gasteiger partial charge is 0.292 e. The minimum Gasteiger partial charge on any atom is -0.292 e. The van der Waals surface area contributed by atoms with Gasteiger partial charge in [0, 0.05) is 11.7 Å². The number of nitrogens with zero attached hydrogens (tertiary/aromatic N) is 2. The van der Waals surface area contributed by atoms with Gasteiger partial charge in [-0.05, 0) is 20.8 Å². The van der Waals surface area contributed by atoms with Crippen LogP contribution in [-0.4, -0.2) is 33.8 Å². The summed E-state index contributed by atoms with van der Waals surface area (Å²) in [6.45, 7) is 9.07. The van der Waals surface area contributed by atoms with E-state index in [-0.39, 0.29) is 18.5 Å². The van der Waals surface area contributed by atoms with Gasteiger partial charge in [-0.3, -0.25) is 14.6 Å². The topological polar surface area (TPSA) is 40.6 Å². The molecule has 1 saturated heterocycles. The van der Waals surface area contributed by atoms with E-state index in [0.29, 0.717) is 0 Å². The number of amides is 3. The molecule has 4 heteroatoms. The first kappa shape index (κ1) is 9.77. The number of rotatable bonds is 1. The molecular formula is C9H14N2O2. The highest BCUT2D eigenvalue weighted by Gasteiger charge is 2.41. The minimum absolute atomic E-state index is 0.111. The molecule has 0 unspecified atom stereocenters. The second-order valence-electron chi connectivity index (χ2n) is 3.99. The highest BCUT2D eigenvalue weighted by Crippen LogP contribution is 2.21. The van der Waals surface area contributed by atoms with Crippen molar-refractivity contribution >= 4 is 11.9 Å². The first-order valence-corrected chi connectivity index (χ1v) is 4.14. The van der Waals surface area contributed by atoms with Crippen molar-refractivity contribution in [3.8, 4) is 0 Å². The number of carbonyl (C=O) groups excluding carboxylic acids is 2. The monoisotopic (exact) mass is 182 g/mol. The van der Waals surface area contributed by atoms with E-state index in [0.717, 1.165) is 0 Å². The van der Waals surface area contributed by atoms with Gasteiger partial charge in [0.05, 0.1) is 0 Å². The average molecular weight is 182 g/mol. The standard InChI is InChI=1S/C9H14N2O2/c1-5-10-6-7(12)11(8(10)13)9(2,3)4/h5H,1,6H2,2-4H3. The molecule has 1 heterocycles. The zero-order chi connectivity index (χ0) is 10.2. The number of carbonyl (C=O) groups is 2. The zero-order valence-electron chi connectivity index (χ0n) is 8.20. The maximum Gasteiger partial charge on any atom is 0.331 e. The van der Waals surface area contributed by atoms with Crippen molar-refractivity contribution in [1.82, 2.24) is 9.80 Å². The molecule has 0 aromatic rings. The lowest BCUT2D eigenvalue weighted by Gasteiger charge is -2.29. The van der Waals surface area contributed by atoms with Crippen LogP contribution in [0, 0.1) is 0 Å². The predicted octanol–water partition coefficient (Wildman–Crippen LogP) is 1.19. The lowest BCUT2D eigenvalue weighted by atomic mass is 10.1. The van der Waals surface area contributed by atoms with Crippen LogP contribution in [0.15, 0.2) is 12.8 Å². The molecular weight excluding hydrogens is 168 g/mol. The van der Waals surface area contributed by atoms with Crippen LogP contribution in [0.4, 0.5) is 4.79 Å². The molecule has 0 atom stereocenters. The fourth-order valence-electron chi connectivity index (χ4n) is 1.32. The highest BCUT2D eigenvalue weighted by atomic mass is 16.2. The van der Waals surface area contributed by atoms with Crippen LogP contribution in [0.5, 0.6) is 0 Å². The molecule has 0 spiro atoms. The van der Waals surface area contributed by atoms with E-state index in [2.05, 4.69) is 6.58 Å². The molecule has 0 N–H and O–H groups in total. The highest BCUT2D eigenvalue weighted by molar-refractivity contribution is 6.03. The Morgan fingerprint density at radius 1 is 1.38 bits per heavy atom. The summed E-state index contributed by atoms with van der Waals surface area (Å²) in [6.07, 6.45) is 1.38. The molecule has 1 aliphatic rings. The molecule has 1 rings (SSSR count). The SMILES string of the molecule is C=CN1CC(=O)N(C(C)(C)C)C1=O. The molecule has 0 radical (unpaired) electrons. The molecule has 0 saturated carbocycles. The molecule has 0 aliphatic carbocycles. The Kier molecular flexibility index (Phi) is 2.15. The van der Waals surface area contributed by atoms with Crippen LogP contribution in [0.25, 0.3) is 0 Å². The summed E-state index contributed by atoms with van der Waals surface area (Å²) in [5, 5.41) is 0. The van der Waals surface area contributed by atoms with Crippen LogP contribution in [-0.2, 0) is 4.79 Å². The van der Waals surface area contributed by atoms with E-state index in [1.807, 2.05) is 20.8 Å². The van der Waals surface area contributed by atoms with Crippen molar-refractivity contribution in [2.75, 3.05) is 6.54 Å². The third-order valence-corrected chi connectivity index (χ3v) is 1.88. The predicted molar refractivity (Wildman–Crippen MR) is 48.9 cm³/mol. The molecule has 4 nitrogen and oxygen atoms in total. The van der Waals surface area contributed by atoms with Crippen molar-refractivity contribution in [2.24, 2.45) is 0 Å². The summed E-state index contributed by atoms with van der Waals surface area (Å²) in [7, 11) is 0. The van der Waals surface area contributed by atoms with E-state index in [1.54, 1.807) is 0 Å². The summed E-state index contributed by atoms with van der Waals surface area (Å²) in [6, 6.07) is -0.285. The van der Waals surface area contributed by atoms with Gasteiger partial charge in [-0.25, -0.2) is 4.79 Å². The summed E-state index contributed by atoms with van der Waals surface area (Å²) in [4.78, 5) is 25.5. The van der Waals surface area contributed by atoms with Gasteiger partial charge in [-0.1, -0.05) is 6.58 Å². The third-order valence-electron chi connectivity index (χ3n) is 1.88.